The molecule has 1 fully saturated rings. The summed E-state index contributed by atoms with van der Waals surface area (Å²) in [5.41, 5.74) is 4.78. The highest BCUT2D eigenvalue weighted by atomic mass is 16.5. The minimum Gasteiger partial charge on any atom is -0.497 e. The molecule has 1 aliphatic rings. The molecule has 0 saturated carbocycles. The van der Waals surface area contributed by atoms with Crippen LogP contribution in [0.1, 0.15) is 52.5 Å². The van der Waals surface area contributed by atoms with Crippen LogP contribution in [0.3, 0.4) is 0 Å². The average Bonchev–Trinajstić information content (AvgIpc) is 3.32. The van der Waals surface area contributed by atoms with Crippen LogP contribution in [0.15, 0.2) is 53.1 Å². The molecule has 32 heavy (non-hydrogen) atoms. The van der Waals surface area contributed by atoms with Crippen LogP contribution < -0.4 is 10.1 Å². The number of carbonyl (C=O) groups is 1. The van der Waals surface area contributed by atoms with Crippen molar-refractivity contribution in [1.82, 2.24) is 15.4 Å². The molecule has 2 heterocycles. The van der Waals surface area contributed by atoms with E-state index in [4.69, 9.17) is 9.26 Å². The summed E-state index contributed by atoms with van der Waals surface area (Å²) in [6.45, 7) is 6.71. The Labute approximate surface area is 189 Å². The first-order valence-corrected chi connectivity index (χ1v) is 11.3. The summed E-state index contributed by atoms with van der Waals surface area (Å²) in [5.74, 6) is 1.21. The van der Waals surface area contributed by atoms with Crippen molar-refractivity contribution in [3.63, 3.8) is 0 Å². The standard InChI is InChI=1S/C26H31N3O3/c1-18-7-8-21(15-19(18)2)25-16-23(28-32-25)26(30)27-17-24(29-13-5-4-6-14-29)20-9-11-22(31-3)12-10-20/h7-12,15-16,24H,4-6,13-14,17H2,1-3H3,(H,27,30)/t24-/m1/s1. The first-order chi connectivity index (χ1) is 15.5. The van der Waals surface area contributed by atoms with E-state index in [1.165, 1.54) is 36.0 Å². The molecular formula is C26H31N3O3. The summed E-state index contributed by atoms with van der Waals surface area (Å²) >= 11 is 0. The topological polar surface area (TPSA) is 67.6 Å². The van der Waals surface area contributed by atoms with Crippen molar-refractivity contribution in [3.05, 3.63) is 70.9 Å². The van der Waals surface area contributed by atoms with Crippen LogP contribution in [0.5, 0.6) is 5.75 Å². The Morgan fingerprint density at radius 1 is 1.06 bits per heavy atom. The summed E-state index contributed by atoms with van der Waals surface area (Å²) in [6, 6.07) is 16.0. The van der Waals surface area contributed by atoms with Gasteiger partial charge in [0.25, 0.3) is 5.91 Å². The van der Waals surface area contributed by atoms with Crippen LogP contribution >= 0.6 is 0 Å². The Hall–Kier alpha value is -3.12. The monoisotopic (exact) mass is 433 g/mol. The van der Waals surface area contributed by atoms with Crippen LogP contribution in [0, 0.1) is 13.8 Å². The number of benzene rings is 2. The molecule has 1 saturated heterocycles. The van der Waals surface area contributed by atoms with E-state index in [-0.39, 0.29) is 11.9 Å². The van der Waals surface area contributed by atoms with Gasteiger partial charge in [0.15, 0.2) is 11.5 Å². The highest BCUT2D eigenvalue weighted by Gasteiger charge is 2.24. The van der Waals surface area contributed by atoms with Gasteiger partial charge in [0.2, 0.25) is 0 Å². The fourth-order valence-corrected chi connectivity index (χ4v) is 4.21. The lowest BCUT2D eigenvalue weighted by Gasteiger charge is -2.35. The number of aryl methyl sites for hydroxylation is 2. The number of aromatic nitrogens is 1. The van der Waals surface area contributed by atoms with E-state index >= 15 is 0 Å². The Balaban J connectivity index is 1.47. The normalized spacial score (nSPS) is 15.3. The van der Waals surface area contributed by atoms with E-state index in [0.717, 1.165) is 24.4 Å². The van der Waals surface area contributed by atoms with E-state index in [1.54, 1.807) is 13.2 Å². The van der Waals surface area contributed by atoms with Gasteiger partial charge < -0.3 is 14.6 Å². The van der Waals surface area contributed by atoms with Crippen LogP contribution in [0.2, 0.25) is 0 Å². The van der Waals surface area contributed by atoms with Crippen LogP contribution in [0.25, 0.3) is 11.3 Å². The lowest BCUT2D eigenvalue weighted by atomic mass is 10.0. The van der Waals surface area contributed by atoms with Crippen molar-refractivity contribution in [1.29, 1.82) is 0 Å². The summed E-state index contributed by atoms with van der Waals surface area (Å²) in [4.78, 5) is 15.3. The number of amides is 1. The largest absolute Gasteiger partial charge is 0.497 e. The van der Waals surface area contributed by atoms with Gasteiger partial charge >= 0.3 is 0 Å². The smallest absolute Gasteiger partial charge is 0.273 e. The third-order valence-corrected chi connectivity index (χ3v) is 6.32. The second kappa shape index (κ2) is 10.0. The van der Waals surface area contributed by atoms with E-state index < -0.39 is 0 Å². The number of ether oxygens (including phenoxy) is 1. The zero-order valence-corrected chi connectivity index (χ0v) is 19.1. The number of piperidine rings is 1. The molecule has 6 heteroatoms. The third-order valence-electron chi connectivity index (χ3n) is 6.32. The Morgan fingerprint density at radius 3 is 2.50 bits per heavy atom. The number of rotatable bonds is 7. The van der Waals surface area contributed by atoms with Gasteiger partial charge in [0, 0.05) is 18.2 Å². The number of nitrogens with one attached hydrogen (secondary N) is 1. The minimum atomic E-state index is -0.223. The molecule has 0 bridgehead atoms. The molecule has 0 unspecified atom stereocenters. The minimum absolute atomic E-state index is 0.108. The second-order valence-corrected chi connectivity index (χ2v) is 8.47. The molecule has 1 aliphatic heterocycles. The number of carbonyl (C=O) groups excluding carboxylic acids is 1. The van der Waals surface area contributed by atoms with Gasteiger partial charge in [0.1, 0.15) is 5.75 Å². The molecule has 0 radical (unpaired) electrons. The molecule has 3 aromatic rings. The molecular weight excluding hydrogens is 402 g/mol. The number of hydrogen-bond donors (Lipinski definition) is 1. The molecule has 1 amide bonds. The SMILES string of the molecule is COc1ccc([C@@H](CNC(=O)c2cc(-c3ccc(C)c(C)c3)on2)N2CCCCC2)cc1. The maximum Gasteiger partial charge on any atom is 0.273 e. The van der Waals surface area contributed by atoms with Gasteiger partial charge in [-0.1, -0.05) is 35.8 Å². The van der Waals surface area contributed by atoms with Gasteiger partial charge in [-0.3, -0.25) is 9.69 Å². The van der Waals surface area contributed by atoms with Crippen LogP contribution in [-0.4, -0.2) is 42.7 Å². The maximum atomic E-state index is 12.9. The number of likely N-dealkylation sites (tertiary alicyclic amines) is 1. The maximum absolute atomic E-state index is 12.9. The Bertz CT molecular complexity index is 1050. The first kappa shape index (κ1) is 22.1. The van der Waals surface area contributed by atoms with E-state index in [2.05, 4.69) is 41.4 Å². The Morgan fingerprint density at radius 2 is 1.81 bits per heavy atom. The van der Waals surface area contributed by atoms with E-state index in [0.29, 0.717) is 18.0 Å². The van der Waals surface area contributed by atoms with Crippen LogP contribution in [-0.2, 0) is 0 Å². The zero-order valence-electron chi connectivity index (χ0n) is 19.1. The van der Waals surface area contributed by atoms with Gasteiger partial charge in [-0.05, 0) is 74.7 Å². The molecule has 6 nitrogen and oxygen atoms in total. The van der Waals surface area contributed by atoms with Gasteiger partial charge in [-0.25, -0.2) is 0 Å². The molecule has 0 aliphatic carbocycles. The summed E-state index contributed by atoms with van der Waals surface area (Å²) in [5, 5.41) is 7.09. The van der Waals surface area contributed by atoms with Crippen molar-refractivity contribution in [3.8, 4) is 17.1 Å². The molecule has 0 spiro atoms. The quantitative estimate of drug-likeness (QED) is 0.573. The van der Waals surface area contributed by atoms with Crippen LogP contribution in [0.4, 0.5) is 0 Å². The third kappa shape index (κ3) is 5.02. The fourth-order valence-electron chi connectivity index (χ4n) is 4.21. The molecule has 1 aromatic heterocycles. The van der Waals surface area contributed by atoms with Crippen molar-refractivity contribution >= 4 is 5.91 Å². The highest BCUT2D eigenvalue weighted by Crippen LogP contribution is 2.26. The van der Waals surface area contributed by atoms with Gasteiger partial charge in [-0.2, -0.15) is 0 Å². The number of methoxy groups -OCH3 is 1. The van der Waals surface area contributed by atoms with Crippen molar-refractivity contribution in [2.24, 2.45) is 0 Å². The molecule has 1 atom stereocenters. The summed E-state index contributed by atoms with van der Waals surface area (Å²) < 4.78 is 10.8. The Kier molecular flexibility index (Phi) is 6.90. The predicted octanol–water partition coefficient (Wildman–Crippen LogP) is 4.92. The van der Waals surface area contributed by atoms with Crippen molar-refractivity contribution < 1.29 is 14.1 Å². The lowest BCUT2D eigenvalue weighted by Crippen LogP contribution is -2.40. The van der Waals surface area contributed by atoms with Gasteiger partial charge in [-0.15, -0.1) is 0 Å². The molecule has 1 N–H and O–H groups in total. The van der Waals surface area contributed by atoms with Gasteiger partial charge in [0.05, 0.1) is 13.2 Å². The molecule has 168 valence electrons. The zero-order chi connectivity index (χ0) is 22.5. The molecule has 2 aromatic carbocycles. The number of nitrogens with zero attached hydrogens (tertiary/aromatic N) is 2. The highest BCUT2D eigenvalue weighted by molar-refractivity contribution is 5.93. The predicted molar refractivity (Wildman–Crippen MR) is 125 cm³/mol. The lowest BCUT2D eigenvalue weighted by molar-refractivity contribution is 0.0915. The average molecular weight is 434 g/mol. The van der Waals surface area contributed by atoms with E-state index in [9.17, 15) is 4.79 Å². The summed E-state index contributed by atoms with van der Waals surface area (Å²) in [6.07, 6.45) is 3.63. The first-order valence-electron chi connectivity index (χ1n) is 11.3. The molecule has 4 rings (SSSR count). The number of hydrogen-bond acceptors (Lipinski definition) is 5. The summed E-state index contributed by atoms with van der Waals surface area (Å²) in [7, 11) is 1.67. The van der Waals surface area contributed by atoms with E-state index in [1.807, 2.05) is 30.3 Å². The fraction of sp³-hybridized carbons (Fsp3) is 0.385. The van der Waals surface area contributed by atoms with Crippen molar-refractivity contribution in [2.45, 2.75) is 39.2 Å². The van der Waals surface area contributed by atoms with Crippen molar-refractivity contribution in [2.75, 3.05) is 26.7 Å². The second-order valence-electron chi connectivity index (χ2n) is 8.47.